The highest BCUT2D eigenvalue weighted by molar-refractivity contribution is 5.81. The Labute approximate surface area is 122 Å². The Morgan fingerprint density at radius 3 is 2.76 bits per heavy atom. The van der Waals surface area contributed by atoms with Gasteiger partial charge in [-0.2, -0.15) is 0 Å². The fourth-order valence-electron chi connectivity index (χ4n) is 1.61. The summed E-state index contributed by atoms with van der Waals surface area (Å²) in [6.07, 6.45) is 3.21. The summed E-state index contributed by atoms with van der Waals surface area (Å²) in [7, 11) is 0. The molecule has 112 valence electrons. The maximum absolute atomic E-state index is 11.7. The molecule has 2 N–H and O–H groups in total. The molecular formula is C14H16N2O5. The van der Waals surface area contributed by atoms with Crippen molar-refractivity contribution in [1.82, 2.24) is 5.32 Å². The van der Waals surface area contributed by atoms with Crippen molar-refractivity contribution in [3.05, 3.63) is 33.9 Å². The van der Waals surface area contributed by atoms with Crippen molar-refractivity contribution in [3.8, 4) is 18.1 Å². The second kappa shape index (κ2) is 7.26. The first-order chi connectivity index (χ1) is 9.86. The maximum Gasteiger partial charge on any atom is 0.270 e. The highest BCUT2D eigenvalue weighted by Gasteiger charge is 2.20. The molecule has 0 saturated heterocycles. The number of nitro groups is 1. The number of nitro benzene ring substituents is 1. The average molecular weight is 292 g/mol. The van der Waals surface area contributed by atoms with E-state index in [-0.39, 0.29) is 23.5 Å². The first-order valence-corrected chi connectivity index (χ1v) is 6.21. The van der Waals surface area contributed by atoms with Crippen LogP contribution in [0.1, 0.15) is 25.5 Å². The van der Waals surface area contributed by atoms with E-state index in [1.807, 2.05) is 0 Å². The molecular weight excluding hydrogens is 276 g/mol. The molecule has 0 aliphatic carbocycles. The summed E-state index contributed by atoms with van der Waals surface area (Å²) in [6, 6.07) is 3.81. The molecule has 7 nitrogen and oxygen atoms in total. The third kappa shape index (κ3) is 4.47. The molecule has 2 atom stereocenters. The molecule has 0 bridgehead atoms. The molecule has 0 aliphatic heterocycles. The highest BCUT2D eigenvalue weighted by atomic mass is 16.6. The van der Waals surface area contributed by atoms with Crippen LogP contribution >= 0.6 is 0 Å². The molecule has 21 heavy (non-hydrogen) atoms. The van der Waals surface area contributed by atoms with E-state index in [1.54, 1.807) is 0 Å². The van der Waals surface area contributed by atoms with Gasteiger partial charge >= 0.3 is 0 Å². The van der Waals surface area contributed by atoms with Gasteiger partial charge in [0.1, 0.15) is 5.75 Å². The van der Waals surface area contributed by atoms with Gasteiger partial charge in [-0.3, -0.25) is 14.9 Å². The van der Waals surface area contributed by atoms with E-state index in [2.05, 4.69) is 11.2 Å². The smallest absolute Gasteiger partial charge is 0.270 e. The summed E-state index contributed by atoms with van der Waals surface area (Å²) in [4.78, 5) is 21.8. The van der Waals surface area contributed by atoms with Gasteiger partial charge in [0.05, 0.1) is 17.6 Å². The molecule has 2 unspecified atom stereocenters. The second-order valence-corrected chi connectivity index (χ2v) is 4.34. The Balaban J connectivity index is 2.95. The van der Waals surface area contributed by atoms with Crippen LogP contribution in [0.2, 0.25) is 0 Å². The Bertz CT molecular complexity index is 577. The Hall–Kier alpha value is -2.59. The fraction of sp³-hybridized carbons (Fsp3) is 0.357. The molecule has 1 aromatic carbocycles. The summed E-state index contributed by atoms with van der Waals surface area (Å²) in [5, 5.41) is 22.9. The van der Waals surface area contributed by atoms with Crippen molar-refractivity contribution < 1.29 is 19.6 Å². The average Bonchev–Trinajstić information content (AvgIpc) is 2.44. The summed E-state index contributed by atoms with van der Waals surface area (Å²) in [6.45, 7) is 3.05. The Morgan fingerprint density at radius 2 is 2.24 bits per heavy atom. The van der Waals surface area contributed by atoms with Gasteiger partial charge in [0.2, 0.25) is 0 Å². The first kappa shape index (κ1) is 16.5. The number of carbonyl (C=O) groups excluding carboxylic acids is 1. The number of carbonyl (C=O) groups is 1. The number of rotatable bonds is 6. The van der Waals surface area contributed by atoms with Gasteiger partial charge in [0.25, 0.3) is 11.6 Å². The number of amides is 1. The van der Waals surface area contributed by atoms with Crippen LogP contribution in [-0.4, -0.2) is 28.6 Å². The highest BCUT2D eigenvalue weighted by Crippen LogP contribution is 2.30. The maximum atomic E-state index is 11.7. The number of aliphatic hydroxyl groups is 1. The van der Waals surface area contributed by atoms with Gasteiger partial charge in [-0.05, 0) is 19.9 Å². The lowest BCUT2D eigenvalue weighted by atomic mass is 10.1. The molecule has 0 heterocycles. The van der Waals surface area contributed by atoms with E-state index in [0.29, 0.717) is 0 Å². The predicted octanol–water partition coefficient (Wildman–Crippen LogP) is 1.16. The van der Waals surface area contributed by atoms with Crippen LogP contribution < -0.4 is 10.1 Å². The second-order valence-electron chi connectivity index (χ2n) is 4.34. The first-order valence-electron chi connectivity index (χ1n) is 6.21. The van der Waals surface area contributed by atoms with Gasteiger partial charge in [-0.25, -0.2) is 0 Å². The Kier molecular flexibility index (Phi) is 5.69. The van der Waals surface area contributed by atoms with Gasteiger partial charge in [0, 0.05) is 17.7 Å². The van der Waals surface area contributed by atoms with Crippen molar-refractivity contribution in [2.24, 2.45) is 0 Å². The summed E-state index contributed by atoms with van der Waals surface area (Å²) in [5.74, 6) is 2.06. The summed E-state index contributed by atoms with van der Waals surface area (Å²) in [5.41, 5.74) is 0.0727. The molecule has 0 radical (unpaired) electrons. The molecule has 0 aromatic heterocycles. The fourth-order valence-corrected chi connectivity index (χ4v) is 1.61. The normalized spacial score (nSPS) is 12.9. The summed E-state index contributed by atoms with van der Waals surface area (Å²) < 4.78 is 5.44. The third-order valence-electron chi connectivity index (χ3n) is 2.69. The lowest BCUT2D eigenvalue weighted by molar-refractivity contribution is -0.385. The summed E-state index contributed by atoms with van der Waals surface area (Å²) >= 11 is 0. The number of benzene rings is 1. The standard InChI is InChI=1S/C14H16N2O5/c1-4-7-15-14(18)10(3)21-13-6-5-11(16(19)20)8-12(13)9(2)17/h1,5-6,8-10,17H,7H2,2-3H3,(H,15,18). The molecule has 7 heteroatoms. The molecule has 0 spiro atoms. The third-order valence-corrected chi connectivity index (χ3v) is 2.69. The van der Waals surface area contributed by atoms with E-state index in [4.69, 9.17) is 11.2 Å². The van der Waals surface area contributed by atoms with Crippen LogP contribution in [0.5, 0.6) is 5.75 Å². The number of nitrogens with zero attached hydrogens (tertiary/aromatic N) is 1. The number of nitrogens with one attached hydrogen (secondary N) is 1. The quantitative estimate of drug-likeness (QED) is 0.465. The van der Waals surface area contributed by atoms with E-state index in [0.717, 1.165) is 0 Å². The minimum atomic E-state index is -0.971. The number of non-ortho nitro benzene ring substituents is 1. The number of ether oxygens (including phenoxy) is 1. The number of aliphatic hydroxyl groups excluding tert-OH is 1. The van der Waals surface area contributed by atoms with Crippen LogP contribution in [0.15, 0.2) is 18.2 Å². The topological polar surface area (TPSA) is 102 Å². The number of hydrogen-bond acceptors (Lipinski definition) is 5. The number of terminal acetylenes is 1. The van der Waals surface area contributed by atoms with E-state index < -0.39 is 23.0 Å². The van der Waals surface area contributed by atoms with Crippen LogP contribution in [0, 0.1) is 22.5 Å². The lowest BCUT2D eigenvalue weighted by Gasteiger charge is -2.17. The SMILES string of the molecule is C#CCNC(=O)C(C)Oc1ccc([N+](=O)[O-])cc1C(C)O. The largest absolute Gasteiger partial charge is 0.481 e. The van der Waals surface area contributed by atoms with Gasteiger partial charge < -0.3 is 15.2 Å². The van der Waals surface area contributed by atoms with Crippen molar-refractivity contribution in [2.45, 2.75) is 26.1 Å². The molecule has 0 saturated carbocycles. The zero-order valence-corrected chi connectivity index (χ0v) is 11.7. The monoisotopic (exact) mass is 292 g/mol. The van der Waals surface area contributed by atoms with Crippen molar-refractivity contribution in [2.75, 3.05) is 6.54 Å². The van der Waals surface area contributed by atoms with E-state index in [9.17, 15) is 20.0 Å². The molecule has 1 aromatic rings. The predicted molar refractivity (Wildman–Crippen MR) is 75.7 cm³/mol. The van der Waals surface area contributed by atoms with E-state index >= 15 is 0 Å². The van der Waals surface area contributed by atoms with Crippen LogP contribution in [0.25, 0.3) is 0 Å². The van der Waals surface area contributed by atoms with Gasteiger partial charge in [-0.1, -0.05) is 5.92 Å². The van der Waals surface area contributed by atoms with Crippen LogP contribution in [0.4, 0.5) is 5.69 Å². The van der Waals surface area contributed by atoms with E-state index in [1.165, 1.54) is 32.0 Å². The molecule has 0 fully saturated rings. The van der Waals surface area contributed by atoms with Crippen molar-refractivity contribution >= 4 is 11.6 Å². The molecule has 1 rings (SSSR count). The van der Waals surface area contributed by atoms with Crippen molar-refractivity contribution in [3.63, 3.8) is 0 Å². The molecule has 1 amide bonds. The number of hydrogen-bond donors (Lipinski definition) is 2. The lowest BCUT2D eigenvalue weighted by Crippen LogP contribution is -2.36. The van der Waals surface area contributed by atoms with Crippen molar-refractivity contribution in [1.29, 1.82) is 0 Å². The minimum absolute atomic E-state index is 0.0794. The molecule has 0 aliphatic rings. The van der Waals surface area contributed by atoms with Gasteiger partial charge in [0.15, 0.2) is 6.10 Å². The van der Waals surface area contributed by atoms with Crippen LogP contribution in [0.3, 0.4) is 0 Å². The minimum Gasteiger partial charge on any atom is -0.481 e. The van der Waals surface area contributed by atoms with Gasteiger partial charge in [-0.15, -0.1) is 6.42 Å². The zero-order chi connectivity index (χ0) is 16.0. The Morgan fingerprint density at radius 1 is 1.57 bits per heavy atom. The zero-order valence-electron chi connectivity index (χ0n) is 11.7. The van der Waals surface area contributed by atoms with Crippen LogP contribution in [-0.2, 0) is 4.79 Å².